The van der Waals surface area contributed by atoms with Crippen molar-refractivity contribution in [2.75, 3.05) is 6.54 Å². The Morgan fingerprint density at radius 3 is 2.71 bits per heavy atom. The van der Waals surface area contributed by atoms with E-state index >= 15 is 0 Å². The Labute approximate surface area is 173 Å². The molecular formula is C21H19Cl2N3O2. The van der Waals surface area contributed by atoms with Crippen LogP contribution >= 0.6 is 23.2 Å². The van der Waals surface area contributed by atoms with Crippen LogP contribution in [0.15, 0.2) is 60.8 Å². The molecular weight excluding hydrogens is 397 g/mol. The number of hydrogen-bond acceptors (Lipinski definition) is 3. The van der Waals surface area contributed by atoms with Crippen molar-refractivity contribution in [1.29, 1.82) is 0 Å². The van der Waals surface area contributed by atoms with Gasteiger partial charge in [-0.15, -0.1) is 0 Å². The third-order valence-corrected chi connectivity index (χ3v) is 5.69. The van der Waals surface area contributed by atoms with Gasteiger partial charge in [0.05, 0.1) is 11.0 Å². The summed E-state index contributed by atoms with van der Waals surface area (Å²) in [5, 5.41) is 12.6. The van der Waals surface area contributed by atoms with Crippen LogP contribution in [0.2, 0.25) is 10.0 Å². The average Bonchev–Trinajstić information content (AvgIpc) is 3.04. The molecule has 2 heterocycles. The average molecular weight is 416 g/mol. The number of nitrogens with zero attached hydrogens (tertiary/aromatic N) is 3. The van der Waals surface area contributed by atoms with Crippen molar-refractivity contribution in [3.8, 4) is 0 Å². The summed E-state index contributed by atoms with van der Waals surface area (Å²) in [5.74, 6) is 0. The van der Waals surface area contributed by atoms with Gasteiger partial charge in [-0.3, -0.25) is 15.0 Å². The second-order valence-electron chi connectivity index (χ2n) is 6.95. The molecule has 1 aliphatic rings. The van der Waals surface area contributed by atoms with E-state index in [9.17, 15) is 10.1 Å². The second kappa shape index (κ2) is 7.95. The zero-order chi connectivity index (χ0) is 19.7. The summed E-state index contributed by atoms with van der Waals surface area (Å²) in [5.41, 5.74) is 2.98. The van der Waals surface area contributed by atoms with Crippen LogP contribution in [0.5, 0.6) is 0 Å². The summed E-state index contributed by atoms with van der Waals surface area (Å²) in [6, 6.07) is 16.4. The van der Waals surface area contributed by atoms with Gasteiger partial charge in [0.2, 0.25) is 0 Å². The number of hydrogen-bond donors (Lipinski definition) is 0. The number of non-ortho nitro benzene ring substituents is 1. The lowest BCUT2D eigenvalue weighted by molar-refractivity contribution is -0.384. The highest BCUT2D eigenvalue weighted by Gasteiger charge is 2.30. The van der Waals surface area contributed by atoms with E-state index in [0.717, 1.165) is 36.3 Å². The highest BCUT2D eigenvalue weighted by molar-refractivity contribution is 6.31. The molecule has 0 aliphatic carbocycles. The predicted octanol–water partition coefficient (Wildman–Crippen LogP) is 5.70. The Morgan fingerprint density at radius 2 is 1.93 bits per heavy atom. The summed E-state index contributed by atoms with van der Waals surface area (Å²) in [4.78, 5) is 13.3. The summed E-state index contributed by atoms with van der Waals surface area (Å²) < 4.78 is 2.21. The normalized spacial score (nSPS) is 17.1. The zero-order valence-corrected chi connectivity index (χ0v) is 16.6. The highest BCUT2D eigenvalue weighted by atomic mass is 35.5. The van der Waals surface area contributed by atoms with Gasteiger partial charge in [0.1, 0.15) is 0 Å². The van der Waals surface area contributed by atoms with Gasteiger partial charge in [0, 0.05) is 59.3 Å². The maximum atomic E-state index is 11.3. The van der Waals surface area contributed by atoms with Crippen LogP contribution < -0.4 is 0 Å². The molecule has 144 valence electrons. The van der Waals surface area contributed by atoms with E-state index in [2.05, 4.69) is 21.7 Å². The zero-order valence-electron chi connectivity index (χ0n) is 15.1. The van der Waals surface area contributed by atoms with Gasteiger partial charge in [-0.1, -0.05) is 35.3 Å². The Bertz CT molecular complexity index is 1020. The van der Waals surface area contributed by atoms with E-state index < -0.39 is 0 Å². The fourth-order valence-electron chi connectivity index (χ4n) is 3.89. The van der Waals surface area contributed by atoms with Crippen molar-refractivity contribution in [2.45, 2.75) is 25.6 Å². The molecule has 0 fully saturated rings. The number of fused-ring (bicyclic) bond motifs is 1. The molecule has 3 aromatic rings. The fourth-order valence-corrected chi connectivity index (χ4v) is 4.32. The number of halogens is 2. The minimum absolute atomic E-state index is 0.0458. The van der Waals surface area contributed by atoms with Crippen LogP contribution in [0.1, 0.15) is 29.3 Å². The largest absolute Gasteiger partial charge is 0.350 e. The minimum atomic E-state index is -0.378. The summed E-state index contributed by atoms with van der Waals surface area (Å²) in [7, 11) is 0. The van der Waals surface area contributed by atoms with Crippen LogP contribution in [0.4, 0.5) is 5.69 Å². The van der Waals surface area contributed by atoms with Crippen LogP contribution in [-0.4, -0.2) is 20.9 Å². The van der Waals surface area contributed by atoms with E-state index in [1.54, 1.807) is 12.1 Å². The molecule has 1 atom stereocenters. The van der Waals surface area contributed by atoms with Crippen LogP contribution in [0.25, 0.3) is 0 Å². The van der Waals surface area contributed by atoms with Gasteiger partial charge >= 0.3 is 0 Å². The van der Waals surface area contributed by atoms with Gasteiger partial charge in [0.15, 0.2) is 0 Å². The number of aromatic nitrogens is 1. The van der Waals surface area contributed by atoms with E-state index in [4.69, 9.17) is 23.2 Å². The van der Waals surface area contributed by atoms with Crippen LogP contribution in [0, 0.1) is 10.1 Å². The van der Waals surface area contributed by atoms with Crippen molar-refractivity contribution in [3.05, 3.63) is 97.8 Å². The highest BCUT2D eigenvalue weighted by Crippen LogP contribution is 2.38. The van der Waals surface area contributed by atoms with Crippen molar-refractivity contribution >= 4 is 28.9 Å². The van der Waals surface area contributed by atoms with Gasteiger partial charge in [-0.2, -0.15) is 0 Å². The monoisotopic (exact) mass is 415 g/mol. The van der Waals surface area contributed by atoms with Gasteiger partial charge in [-0.05, 0) is 42.3 Å². The Balaban J connectivity index is 1.81. The maximum absolute atomic E-state index is 11.3. The molecule has 0 saturated heterocycles. The number of nitro groups is 1. The molecule has 0 amide bonds. The Hall–Kier alpha value is -2.34. The van der Waals surface area contributed by atoms with Crippen molar-refractivity contribution in [1.82, 2.24) is 9.47 Å². The summed E-state index contributed by atoms with van der Waals surface area (Å²) in [6.45, 7) is 2.42. The lowest BCUT2D eigenvalue weighted by Crippen LogP contribution is -2.29. The second-order valence-corrected chi connectivity index (χ2v) is 7.79. The molecule has 1 unspecified atom stereocenters. The minimum Gasteiger partial charge on any atom is -0.350 e. The first-order chi connectivity index (χ1) is 13.5. The van der Waals surface area contributed by atoms with Crippen molar-refractivity contribution in [3.63, 3.8) is 0 Å². The quantitative estimate of drug-likeness (QED) is 0.405. The summed E-state index contributed by atoms with van der Waals surface area (Å²) in [6.07, 6.45) is 3.03. The molecule has 7 heteroatoms. The molecule has 0 bridgehead atoms. The first-order valence-corrected chi connectivity index (χ1v) is 9.86. The molecule has 5 nitrogen and oxygen atoms in total. The topological polar surface area (TPSA) is 51.3 Å². The maximum Gasteiger partial charge on any atom is 0.269 e. The molecule has 1 aromatic heterocycles. The first-order valence-electron chi connectivity index (χ1n) is 9.10. The Kier molecular flexibility index (Phi) is 5.40. The van der Waals surface area contributed by atoms with Crippen molar-refractivity contribution in [2.24, 2.45) is 0 Å². The van der Waals surface area contributed by atoms with E-state index in [-0.39, 0.29) is 16.7 Å². The molecule has 2 aromatic carbocycles. The molecule has 0 spiro atoms. The molecule has 1 aliphatic heterocycles. The van der Waals surface area contributed by atoms with Crippen molar-refractivity contribution < 1.29 is 4.92 Å². The van der Waals surface area contributed by atoms with Gasteiger partial charge in [-0.25, -0.2) is 0 Å². The number of benzene rings is 2. The lowest BCUT2D eigenvalue weighted by atomic mass is 10.00. The van der Waals surface area contributed by atoms with E-state index in [1.165, 1.54) is 6.07 Å². The first kappa shape index (κ1) is 19.0. The summed E-state index contributed by atoms with van der Waals surface area (Å²) >= 11 is 12.7. The predicted molar refractivity (Wildman–Crippen MR) is 111 cm³/mol. The van der Waals surface area contributed by atoms with E-state index in [0.29, 0.717) is 16.6 Å². The molecule has 4 rings (SSSR count). The third-order valence-electron chi connectivity index (χ3n) is 5.11. The molecule has 0 saturated carbocycles. The standard InChI is InChI=1S/C21H19Cl2N3O2/c22-16-5-1-4-15(12-16)14-25-11-3-10-24-9-2-6-20(24)21(25)18-13-17(26(27)28)7-8-19(18)23/h1-2,4-9,12-13,21H,3,10-11,14H2. The molecule has 0 radical (unpaired) electrons. The third kappa shape index (κ3) is 3.78. The fraction of sp³-hybridized carbons (Fsp3) is 0.238. The SMILES string of the molecule is O=[N+]([O-])c1ccc(Cl)c(C2c3cccn3CCCN2Cc2cccc(Cl)c2)c1. The Morgan fingerprint density at radius 1 is 1.07 bits per heavy atom. The number of nitro benzene ring substituents is 1. The van der Waals surface area contributed by atoms with Gasteiger partial charge < -0.3 is 4.57 Å². The smallest absolute Gasteiger partial charge is 0.269 e. The van der Waals surface area contributed by atoms with Crippen LogP contribution in [-0.2, 0) is 13.1 Å². The van der Waals surface area contributed by atoms with E-state index in [1.807, 2.05) is 30.3 Å². The molecule has 28 heavy (non-hydrogen) atoms. The van der Waals surface area contributed by atoms with Crippen LogP contribution in [0.3, 0.4) is 0 Å². The number of rotatable bonds is 4. The molecule has 0 N–H and O–H groups in total. The van der Waals surface area contributed by atoms with Gasteiger partial charge in [0.25, 0.3) is 5.69 Å². The number of aryl methyl sites for hydroxylation is 1. The lowest BCUT2D eigenvalue weighted by Gasteiger charge is -2.31.